The Balaban J connectivity index is 3.16. The fraction of sp³-hybridized carbons (Fsp3) is 1.00. The summed E-state index contributed by atoms with van der Waals surface area (Å²) in [6.07, 6.45) is 0.947. The van der Waals surface area contributed by atoms with Crippen molar-refractivity contribution in [2.24, 2.45) is 0 Å². The number of methoxy groups -OCH3 is 1. The third kappa shape index (κ3) is 29.0. The first kappa shape index (κ1) is 37.2. The van der Waals surface area contributed by atoms with Gasteiger partial charge < -0.3 is 50.9 Å². The van der Waals surface area contributed by atoms with Gasteiger partial charge in [-0.05, 0) is 32.1 Å². The fourth-order valence-electron chi connectivity index (χ4n) is 2.83. The van der Waals surface area contributed by atoms with Gasteiger partial charge in [-0.25, -0.2) is 0 Å². The molecule has 0 aliphatic heterocycles. The lowest BCUT2D eigenvalue weighted by Crippen LogP contribution is -2.40. The lowest BCUT2D eigenvalue weighted by atomic mass is 10.5. The lowest BCUT2D eigenvalue weighted by Gasteiger charge is -2.26. The largest absolute Gasteiger partial charge is 0.436 e. The highest BCUT2D eigenvalue weighted by Crippen LogP contribution is 2.14. The molecule has 0 rings (SSSR count). The highest BCUT2D eigenvalue weighted by atomic mass is 28.4. The van der Waals surface area contributed by atoms with Crippen molar-refractivity contribution in [2.75, 3.05) is 119 Å². The second kappa shape index (κ2) is 30.7. The Morgan fingerprint density at radius 3 is 0.973 bits per heavy atom. The molecule has 0 aromatic rings. The molecule has 4 radical (unpaired) electrons. The summed E-state index contributed by atoms with van der Waals surface area (Å²) in [5, 5.41) is 0. The maximum atomic E-state index is 5.86. The molecule has 0 fully saturated rings. The predicted octanol–water partition coefficient (Wildman–Crippen LogP) is 1.60. The van der Waals surface area contributed by atoms with Crippen LogP contribution in [0.15, 0.2) is 0 Å². The Hall–Kier alpha value is 0.211. The van der Waals surface area contributed by atoms with E-state index in [0.717, 1.165) is 12.5 Å². The Kier molecular flexibility index (Phi) is 30.9. The van der Waals surface area contributed by atoms with Gasteiger partial charge in [0.15, 0.2) is 0 Å². The van der Waals surface area contributed by atoms with E-state index in [0.29, 0.717) is 132 Å². The number of hydrogen-bond acceptors (Lipinski definition) is 11. The van der Waals surface area contributed by atoms with E-state index in [1.807, 2.05) is 13.1 Å². The molecule has 220 valence electrons. The second-order valence-corrected chi connectivity index (χ2v) is 13.0. The fourth-order valence-corrected chi connectivity index (χ4v) is 8.43. The average Bonchev–Trinajstić information content (AvgIpc) is 2.88. The van der Waals surface area contributed by atoms with Crippen LogP contribution in [0.3, 0.4) is 0 Å². The standard InChI is InChI=1S/C23H50O11Si3/c1-24-7-8-26-11-12-28-15-16-30-19-20-32-22-21-31-18-17-29-14-13-27-10-9-25-6-5-23-37(4,33-35-2)34-36-3/h5-23H2,1-4H3. The molecule has 0 heterocycles. The molecule has 0 aromatic carbocycles. The number of hydrogen-bond donors (Lipinski definition) is 0. The molecule has 11 nitrogen and oxygen atoms in total. The van der Waals surface area contributed by atoms with E-state index in [-0.39, 0.29) is 0 Å². The zero-order valence-electron chi connectivity index (χ0n) is 23.4. The molecule has 0 aromatic heterocycles. The Bertz CT molecular complexity index is 437. The van der Waals surface area contributed by atoms with Gasteiger partial charge >= 0.3 is 8.56 Å². The predicted molar refractivity (Wildman–Crippen MR) is 145 cm³/mol. The summed E-state index contributed by atoms with van der Waals surface area (Å²) in [6, 6.07) is 0.954. The van der Waals surface area contributed by atoms with E-state index in [1.165, 1.54) is 0 Å². The van der Waals surface area contributed by atoms with Crippen LogP contribution < -0.4 is 0 Å². The Morgan fingerprint density at radius 1 is 0.432 bits per heavy atom. The van der Waals surface area contributed by atoms with E-state index >= 15 is 0 Å². The van der Waals surface area contributed by atoms with Gasteiger partial charge in [0.2, 0.25) is 19.5 Å². The van der Waals surface area contributed by atoms with Gasteiger partial charge in [-0.15, -0.1) is 0 Å². The maximum absolute atomic E-state index is 5.86. The van der Waals surface area contributed by atoms with Crippen molar-refractivity contribution in [2.45, 2.75) is 32.1 Å². The van der Waals surface area contributed by atoms with Crippen molar-refractivity contribution in [3.8, 4) is 0 Å². The van der Waals surface area contributed by atoms with Crippen LogP contribution in [0.25, 0.3) is 0 Å². The quantitative estimate of drug-likeness (QED) is 0.0848. The van der Waals surface area contributed by atoms with E-state index in [1.54, 1.807) is 7.11 Å². The highest BCUT2D eigenvalue weighted by Gasteiger charge is 2.29. The topological polar surface area (TPSA) is 102 Å². The molecule has 0 aliphatic carbocycles. The molecule has 0 aliphatic rings. The van der Waals surface area contributed by atoms with Gasteiger partial charge in [0.05, 0.1) is 106 Å². The van der Waals surface area contributed by atoms with E-state index in [2.05, 4.69) is 6.55 Å². The zero-order chi connectivity index (χ0) is 27.1. The minimum absolute atomic E-state index is 0.472. The summed E-state index contributed by atoms with van der Waals surface area (Å²) >= 11 is 0. The van der Waals surface area contributed by atoms with Crippen LogP contribution in [0.5, 0.6) is 0 Å². The molecular weight excluding hydrogens is 537 g/mol. The summed E-state index contributed by atoms with van der Waals surface area (Å²) in [5.41, 5.74) is 0. The van der Waals surface area contributed by atoms with Crippen molar-refractivity contribution < 1.29 is 50.9 Å². The maximum Gasteiger partial charge on any atom is 0.314 e. The first-order valence-corrected chi connectivity index (χ1v) is 18.3. The number of rotatable bonds is 32. The van der Waals surface area contributed by atoms with Crippen LogP contribution in [-0.4, -0.2) is 148 Å². The third-order valence-electron chi connectivity index (χ3n) is 4.59. The normalized spacial score (nSPS) is 12.0. The molecule has 0 unspecified atom stereocenters. The molecule has 0 saturated heterocycles. The second-order valence-electron chi connectivity index (χ2n) is 7.74. The minimum Gasteiger partial charge on any atom is -0.436 e. The molecule has 0 amide bonds. The molecule has 14 heteroatoms. The summed E-state index contributed by atoms with van der Waals surface area (Å²) in [5.74, 6) is 0. The lowest BCUT2D eigenvalue weighted by molar-refractivity contribution is -0.0242. The number of ether oxygens (including phenoxy) is 9. The summed E-state index contributed by atoms with van der Waals surface area (Å²) < 4.78 is 60.3. The van der Waals surface area contributed by atoms with Crippen LogP contribution in [0.4, 0.5) is 0 Å². The Labute approximate surface area is 230 Å². The molecular formula is C23H50O11Si3. The summed E-state index contributed by atoms with van der Waals surface area (Å²) in [4.78, 5) is 0. The van der Waals surface area contributed by atoms with Crippen LogP contribution in [-0.2, 0) is 50.9 Å². The van der Waals surface area contributed by atoms with Crippen molar-refractivity contribution in [3.63, 3.8) is 0 Å². The molecule has 0 spiro atoms. The van der Waals surface area contributed by atoms with E-state index in [9.17, 15) is 0 Å². The van der Waals surface area contributed by atoms with Gasteiger partial charge in [-0.1, -0.05) is 0 Å². The van der Waals surface area contributed by atoms with Gasteiger partial charge in [-0.3, -0.25) is 0 Å². The molecule has 0 saturated carbocycles. The summed E-state index contributed by atoms with van der Waals surface area (Å²) in [7, 11) is 0.587. The Morgan fingerprint density at radius 2 is 0.703 bits per heavy atom. The minimum atomic E-state index is -2.00. The molecule has 0 atom stereocenters. The van der Waals surface area contributed by atoms with Gasteiger partial charge in [-0.2, -0.15) is 0 Å². The molecule has 0 bridgehead atoms. The van der Waals surface area contributed by atoms with Crippen molar-refractivity contribution in [3.05, 3.63) is 0 Å². The SMILES string of the molecule is COCCOCCOCCOCCOCCOCCOCCOCCOCCC[Si](C)(O[Si]C)O[Si]C. The van der Waals surface area contributed by atoms with Crippen molar-refractivity contribution in [1.29, 1.82) is 0 Å². The van der Waals surface area contributed by atoms with E-state index in [4.69, 9.17) is 50.9 Å². The third-order valence-corrected chi connectivity index (χ3v) is 10.9. The molecule has 0 N–H and O–H groups in total. The van der Waals surface area contributed by atoms with Gasteiger partial charge in [0, 0.05) is 13.7 Å². The molecule has 37 heavy (non-hydrogen) atoms. The highest BCUT2D eigenvalue weighted by molar-refractivity contribution is 6.74. The monoisotopic (exact) mass is 586 g/mol. The summed E-state index contributed by atoms with van der Waals surface area (Å²) in [6.45, 7) is 15.7. The first-order valence-electron chi connectivity index (χ1n) is 13.0. The first-order chi connectivity index (χ1) is 18.2. The van der Waals surface area contributed by atoms with Crippen molar-refractivity contribution >= 4 is 28.1 Å². The van der Waals surface area contributed by atoms with Gasteiger partial charge in [0.25, 0.3) is 0 Å². The van der Waals surface area contributed by atoms with E-state index < -0.39 is 8.56 Å². The van der Waals surface area contributed by atoms with Gasteiger partial charge in [0.1, 0.15) is 0 Å². The van der Waals surface area contributed by atoms with Crippen LogP contribution in [0.2, 0.25) is 25.7 Å². The van der Waals surface area contributed by atoms with Crippen LogP contribution in [0, 0.1) is 0 Å². The zero-order valence-corrected chi connectivity index (χ0v) is 26.4. The van der Waals surface area contributed by atoms with Crippen LogP contribution >= 0.6 is 0 Å². The van der Waals surface area contributed by atoms with Crippen LogP contribution in [0.1, 0.15) is 6.42 Å². The van der Waals surface area contributed by atoms with Crippen molar-refractivity contribution in [1.82, 2.24) is 0 Å². The smallest absolute Gasteiger partial charge is 0.314 e. The average molecular weight is 587 g/mol.